The molecular weight excluding hydrogens is 573 g/mol. The molecule has 0 saturated heterocycles. The van der Waals surface area contributed by atoms with Crippen molar-refractivity contribution >= 4 is 43.8 Å². The van der Waals surface area contributed by atoms with E-state index in [-0.39, 0.29) is 12.2 Å². The van der Waals surface area contributed by atoms with Gasteiger partial charge in [0.2, 0.25) is 0 Å². The van der Waals surface area contributed by atoms with Gasteiger partial charge in [0.05, 0.1) is 17.1 Å². The van der Waals surface area contributed by atoms with Gasteiger partial charge < -0.3 is 15.2 Å². The molecule has 0 fully saturated rings. The summed E-state index contributed by atoms with van der Waals surface area (Å²) < 4.78 is 2.40. The summed E-state index contributed by atoms with van der Waals surface area (Å²) in [5.74, 6) is 0. The van der Waals surface area contributed by atoms with Gasteiger partial charge in [0.25, 0.3) is 0 Å². The van der Waals surface area contributed by atoms with E-state index < -0.39 is 0 Å². The second-order valence-corrected chi connectivity index (χ2v) is 12.4. The van der Waals surface area contributed by atoms with E-state index in [4.69, 9.17) is 0 Å². The van der Waals surface area contributed by atoms with Gasteiger partial charge in [-0.25, -0.2) is 0 Å². The minimum Gasteiger partial charge on any atom is -0.387 e. The first kappa shape index (κ1) is 27.5. The van der Waals surface area contributed by atoms with Gasteiger partial charge >= 0.3 is 0 Å². The Morgan fingerprint density at radius 1 is 0.596 bits per heavy atom. The molecule has 7 aromatic rings. The summed E-state index contributed by atoms with van der Waals surface area (Å²) >= 11 is 0. The second kappa shape index (κ2) is 11.5. The number of hydrogen-bond donors (Lipinski definition) is 3. The molecule has 0 radical (unpaired) electrons. The molecule has 9 rings (SSSR count). The van der Waals surface area contributed by atoms with Crippen LogP contribution in [-0.4, -0.2) is 11.1 Å². The Kier molecular flexibility index (Phi) is 6.72. The van der Waals surface area contributed by atoms with Crippen LogP contribution in [0.15, 0.2) is 164 Å². The Labute approximate surface area is 274 Å². The SMILES string of the molecule is C1=CC(c2ccc(C3=CC(c4ccc(-n5c6ccccc6c6cc7ccccc7cc65)cc4)NC(c4ccccc4)N3)cc2)=CNC1. The van der Waals surface area contributed by atoms with E-state index >= 15 is 0 Å². The maximum Gasteiger partial charge on any atom is 0.104 e. The fourth-order valence-corrected chi connectivity index (χ4v) is 7.09. The highest BCUT2D eigenvalue weighted by Crippen LogP contribution is 2.36. The maximum absolute atomic E-state index is 3.86. The number of nitrogens with one attached hydrogen (secondary N) is 3. The highest BCUT2D eigenvalue weighted by atomic mass is 15.2. The number of dihydropyridines is 1. The molecule has 1 aromatic heterocycles. The molecule has 0 bridgehead atoms. The van der Waals surface area contributed by atoms with Gasteiger partial charge in [0.1, 0.15) is 6.17 Å². The van der Waals surface area contributed by atoms with Crippen LogP contribution in [0.5, 0.6) is 0 Å². The molecule has 2 unspecified atom stereocenters. The van der Waals surface area contributed by atoms with Crippen molar-refractivity contribution in [1.29, 1.82) is 0 Å². The van der Waals surface area contributed by atoms with Gasteiger partial charge in [0, 0.05) is 34.9 Å². The summed E-state index contributed by atoms with van der Waals surface area (Å²) in [6.07, 6.45) is 8.71. The van der Waals surface area contributed by atoms with E-state index in [1.807, 2.05) is 0 Å². The first-order valence-corrected chi connectivity index (χ1v) is 16.3. The standard InChI is InChI=1S/C43H34N4/c1-2-9-32(10-3-1)43-45-39(30-18-16-29(17-19-30)35-13-8-24-44-28-35)27-40(46-43)31-20-22-36(23-21-31)47-41-15-7-6-14-37(41)38-25-33-11-4-5-12-34(33)26-42(38)47/h1-23,25-28,40,43-46H,24H2. The Balaban J connectivity index is 1.10. The van der Waals surface area contributed by atoms with Crippen LogP contribution in [0, 0.1) is 0 Å². The Bertz CT molecular complexity index is 2340. The summed E-state index contributed by atoms with van der Waals surface area (Å²) in [4.78, 5) is 0. The van der Waals surface area contributed by atoms with E-state index in [0.717, 1.165) is 17.9 Å². The average molecular weight is 607 g/mol. The lowest BCUT2D eigenvalue weighted by molar-refractivity contribution is 0.442. The highest BCUT2D eigenvalue weighted by molar-refractivity contribution is 6.13. The monoisotopic (exact) mass is 606 g/mol. The van der Waals surface area contributed by atoms with E-state index in [0.29, 0.717) is 0 Å². The quantitative estimate of drug-likeness (QED) is 0.183. The topological polar surface area (TPSA) is 41.0 Å². The number of nitrogens with zero attached hydrogens (tertiary/aromatic N) is 1. The van der Waals surface area contributed by atoms with Crippen LogP contribution >= 0.6 is 0 Å². The molecule has 3 N–H and O–H groups in total. The van der Waals surface area contributed by atoms with Crippen LogP contribution in [0.4, 0.5) is 0 Å². The first-order chi connectivity index (χ1) is 23.3. The lowest BCUT2D eigenvalue weighted by Crippen LogP contribution is -2.39. The molecule has 3 heterocycles. The number of benzene rings is 6. The third-order valence-electron chi connectivity index (χ3n) is 9.48. The van der Waals surface area contributed by atoms with Crippen LogP contribution in [0.2, 0.25) is 0 Å². The summed E-state index contributed by atoms with van der Waals surface area (Å²) in [7, 11) is 0. The van der Waals surface area contributed by atoms with Gasteiger partial charge in [0.15, 0.2) is 0 Å². The normalized spacial score (nSPS) is 17.7. The Morgan fingerprint density at radius 2 is 1.32 bits per heavy atom. The second-order valence-electron chi connectivity index (χ2n) is 12.4. The molecule has 0 amide bonds. The molecule has 4 heteroatoms. The number of rotatable bonds is 5. The molecule has 2 aliphatic rings. The number of hydrogen-bond acceptors (Lipinski definition) is 3. The van der Waals surface area contributed by atoms with Crippen molar-refractivity contribution in [2.45, 2.75) is 12.2 Å². The predicted octanol–water partition coefficient (Wildman–Crippen LogP) is 9.41. The van der Waals surface area contributed by atoms with Crippen molar-refractivity contribution in [3.63, 3.8) is 0 Å². The smallest absolute Gasteiger partial charge is 0.104 e. The van der Waals surface area contributed by atoms with Crippen LogP contribution < -0.4 is 16.0 Å². The van der Waals surface area contributed by atoms with E-state index in [1.54, 1.807) is 0 Å². The van der Waals surface area contributed by atoms with Crippen molar-refractivity contribution in [2.24, 2.45) is 0 Å². The third kappa shape index (κ3) is 5.00. The van der Waals surface area contributed by atoms with Crippen LogP contribution in [0.3, 0.4) is 0 Å². The molecular formula is C43H34N4. The first-order valence-electron chi connectivity index (χ1n) is 16.3. The van der Waals surface area contributed by atoms with Crippen molar-refractivity contribution in [2.75, 3.05) is 6.54 Å². The van der Waals surface area contributed by atoms with E-state index in [2.05, 4.69) is 184 Å². The van der Waals surface area contributed by atoms with E-state index in [1.165, 1.54) is 60.4 Å². The molecule has 6 aromatic carbocycles. The van der Waals surface area contributed by atoms with Crippen molar-refractivity contribution in [3.8, 4) is 5.69 Å². The summed E-state index contributed by atoms with van der Waals surface area (Å²) in [5.41, 5.74) is 10.7. The summed E-state index contributed by atoms with van der Waals surface area (Å²) in [5, 5.41) is 16.0. The zero-order valence-electron chi connectivity index (χ0n) is 25.9. The number of aromatic nitrogens is 1. The molecule has 0 aliphatic carbocycles. The average Bonchev–Trinajstić information content (AvgIpc) is 3.47. The van der Waals surface area contributed by atoms with Crippen LogP contribution in [-0.2, 0) is 0 Å². The molecule has 0 spiro atoms. The largest absolute Gasteiger partial charge is 0.387 e. The van der Waals surface area contributed by atoms with Gasteiger partial charge in [-0.15, -0.1) is 0 Å². The van der Waals surface area contributed by atoms with Crippen molar-refractivity contribution in [3.05, 3.63) is 186 Å². The number of fused-ring (bicyclic) bond motifs is 4. The fourth-order valence-electron chi connectivity index (χ4n) is 7.09. The Hall–Kier alpha value is -5.84. The Morgan fingerprint density at radius 3 is 2.11 bits per heavy atom. The molecule has 0 saturated carbocycles. The zero-order valence-corrected chi connectivity index (χ0v) is 25.9. The molecule has 4 nitrogen and oxygen atoms in total. The number of para-hydroxylation sites is 1. The minimum absolute atomic E-state index is 0.0282. The summed E-state index contributed by atoms with van der Waals surface area (Å²) in [6, 6.07) is 50.6. The fraction of sp³-hybridized carbons (Fsp3) is 0.0698. The van der Waals surface area contributed by atoms with Crippen molar-refractivity contribution in [1.82, 2.24) is 20.5 Å². The lowest BCUT2D eigenvalue weighted by atomic mass is 9.97. The zero-order chi connectivity index (χ0) is 31.2. The number of allylic oxidation sites excluding steroid dienone is 2. The third-order valence-corrected chi connectivity index (χ3v) is 9.48. The van der Waals surface area contributed by atoms with Crippen LogP contribution in [0.1, 0.15) is 34.5 Å². The highest BCUT2D eigenvalue weighted by Gasteiger charge is 2.24. The van der Waals surface area contributed by atoms with Gasteiger partial charge in [-0.2, -0.15) is 0 Å². The molecule has 47 heavy (non-hydrogen) atoms. The van der Waals surface area contributed by atoms with E-state index in [9.17, 15) is 0 Å². The summed E-state index contributed by atoms with van der Waals surface area (Å²) in [6.45, 7) is 0.879. The lowest BCUT2D eigenvalue weighted by Gasteiger charge is -2.33. The van der Waals surface area contributed by atoms with Crippen LogP contribution in [0.25, 0.3) is 49.5 Å². The van der Waals surface area contributed by atoms with Crippen molar-refractivity contribution < 1.29 is 0 Å². The van der Waals surface area contributed by atoms with Gasteiger partial charge in [-0.1, -0.05) is 121 Å². The molecule has 226 valence electrons. The molecule has 2 atom stereocenters. The molecule has 2 aliphatic heterocycles. The predicted molar refractivity (Wildman–Crippen MR) is 196 cm³/mol. The van der Waals surface area contributed by atoms with Gasteiger partial charge in [-0.3, -0.25) is 5.32 Å². The van der Waals surface area contributed by atoms with Gasteiger partial charge in [-0.05, 0) is 75.0 Å². The minimum atomic E-state index is -0.0284. The maximum atomic E-state index is 3.86.